The van der Waals surface area contributed by atoms with Gasteiger partial charge >= 0.3 is 0 Å². The van der Waals surface area contributed by atoms with Gasteiger partial charge in [0.05, 0.1) is 6.61 Å². The predicted molar refractivity (Wildman–Crippen MR) is 83.0 cm³/mol. The molecule has 5 heteroatoms. The van der Waals surface area contributed by atoms with Crippen LogP contribution in [0.4, 0.5) is 5.69 Å². The first-order valence-corrected chi connectivity index (χ1v) is 7.04. The lowest BCUT2D eigenvalue weighted by Gasteiger charge is -2.13. The molecule has 0 fully saturated rings. The molecule has 0 aliphatic carbocycles. The van der Waals surface area contributed by atoms with Crippen molar-refractivity contribution in [2.75, 3.05) is 12.3 Å². The van der Waals surface area contributed by atoms with E-state index in [9.17, 15) is 0 Å². The van der Waals surface area contributed by atoms with Crippen LogP contribution in [0.3, 0.4) is 0 Å². The molecule has 1 aromatic carbocycles. The second-order valence-corrected chi connectivity index (χ2v) is 5.11. The number of ether oxygens (including phenoxy) is 2. The molecular weight excluding hydrogens is 266 g/mol. The summed E-state index contributed by atoms with van der Waals surface area (Å²) in [5.41, 5.74) is 8.75. The smallest absolute Gasteiger partial charge is 0.249 e. The fraction of sp³-hybridized carbons (Fsp3) is 0.375. The van der Waals surface area contributed by atoms with Crippen LogP contribution in [-0.2, 0) is 0 Å². The van der Waals surface area contributed by atoms with E-state index in [1.165, 1.54) is 17.5 Å². The molecule has 2 N–H and O–H groups in total. The molecule has 0 aliphatic heterocycles. The number of hydrogen-bond donors (Lipinski definition) is 1. The van der Waals surface area contributed by atoms with Crippen LogP contribution in [0.2, 0.25) is 0 Å². The molecule has 0 unspecified atom stereocenters. The molecule has 1 aromatic heterocycles. The van der Waals surface area contributed by atoms with Crippen LogP contribution in [0.1, 0.15) is 37.8 Å². The van der Waals surface area contributed by atoms with Gasteiger partial charge in [0.2, 0.25) is 11.8 Å². The van der Waals surface area contributed by atoms with Crippen LogP contribution in [0, 0.1) is 6.92 Å². The summed E-state index contributed by atoms with van der Waals surface area (Å²) in [5, 5.41) is 0. The number of benzene rings is 1. The minimum absolute atomic E-state index is 0.310. The third-order valence-corrected chi connectivity index (χ3v) is 3.17. The molecule has 0 amide bonds. The highest BCUT2D eigenvalue weighted by atomic mass is 16.5. The molecule has 0 atom stereocenters. The minimum atomic E-state index is 0.310. The van der Waals surface area contributed by atoms with E-state index in [1.54, 1.807) is 0 Å². The standard InChI is InChI=1S/C16H21N3O2/c1-5-20-15-14(17)16(19-9-18-15)21-12-6-7-13(10(2)3)11(4)8-12/h6-10H,5,17H2,1-4H3. The number of nitrogen functional groups attached to an aromatic ring is 1. The maximum Gasteiger partial charge on any atom is 0.249 e. The highest BCUT2D eigenvalue weighted by Crippen LogP contribution is 2.32. The molecule has 21 heavy (non-hydrogen) atoms. The van der Waals surface area contributed by atoms with E-state index in [0.29, 0.717) is 35.7 Å². The molecule has 112 valence electrons. The highest BCUT2D eigenvalue weighted by molar-refractivity contribution is 5.57. The average molecular weight is 287 g/mol. The molecule has 0 saturated carbocycles. The Morgan fingerprint density at radius 3 is 2.52 bits per heavy atom. The summed E-state index contributed by atoms with van der Waals surface area (Å²) in [5.74, 6) is 1.83. The average Bonchev–Trinajstić information content (AvgIpc) is 2.43. The third kappa shape index (κ3) is 3.42. The summed E-state index contributed by atoms with van der Waals surface area (Å²) in [6, 6.07) is 5.97. The Morgan fingerprint density at radius 2 is 1.90 bits per heavy atom. The van der Waals surface area contributed by atoms with E-state index >= 15 is 0 Å². The van der Waals surface area contributed by atoms with E-state index in [4.69, 9.17) is 15.2 Å². The number of aryl methyl sites for hydroxylation is 1. The number of aromatic nitrogens is 2. The van der Waals surface area contributed by atoms with Gasteiger partial charge < -0.3 is 15.2 Å². The number of nitrogens with two attached hydrogens (primary N) is 1. The maximum atomic E-state index is 5.96. The molecule has 0 radical (unpaired) electrons. The summed E-state index contributed by atoms with van der Waals surface area (Å²) >= 11 is 0. The van der Waals surface area contributed by atoms with E-state index in [1.807, 2.05) is 19.1 Å². The van der Waals surface area contributed by atoms with Crippen molar-refractivity contribution in [2.45, 2.75) is 33.6 Å². The largest absolute Gasteiger partial charge is 0.476 e. The van der Waals surface area contributed by atoms with Crippen molar-refractivity contribution in [3.63, 3.8) is 0 Å². The number of anilines is 1. The van der Waals surface area contributed by atoms with Crippen LogP contribution in [0.5, 0.6) is 17.5 Å². The molecular formula is C16H21N3O2. The van der Waals surface area contributed by atoms with Gasteiger partial charge in [0.15, 0.2) is 5.69 Å². The Hall–Kier alpha value is -2.30. The van der Waals surface area contributed by atoms with Crippen molar-refractivity contribution in [3.05, 3.63) is 35.7 Å². The van der Waals surface area contributed by atoms with Crippen LogP contribution in [0.25, 0.3) is 0 Å². The van der Waals surface area contributed by atoms with Gasteiger partial charge in [-0.2, -0.15) is 9.97 Å². The van der Waals surface area contributed by atoms with Crippen LogP contribution < -0.4 is 15.2 Å². The van der Waals surface area contributed by atoms with Gasteiger partial charge in [0.25, 0.3) is 0 Å². The molecule has 2 aromatic rings. The van der Waals surface area contributed by atoms with Crippen molar-refractivity contribution < 1.29 is 9.47 Å². The first-order chi connectivity index (χ1) is 10.0. The van der Waals surface area contributed by atoms with Crippen molar-refractivity contribution in [3.8, 4) is 17.5 Å². The fourth-order valence-electron chi connectivity index (χ4n) is 2.17. The van der Waals surface area contributed by atoms with Crippen LogP contribution >= 0.6 is 0 Å². The zero-order valence-electron chi connectivity index (χ0n) is 12.9. The monoisotopic (exact) mass is 287 g/mol. The fourth-order valence-corrected chi connectivity index (χ4v) is 2.17. The van der Waals surface area contributed by atoms with Crippen molar-refractivity contribution in [1.82, 2.24) is 9.97 Å². The Labute approximate surface area is 125 Å². The Kier molecular flexibility index (Phi) is 4.62. The lowest BCUT2D eigenvalue weighted by molar-refractivity contribution is 0.325. The van der Waals surface area contributed by atoms with Crippen molar-refractivity contribution in [2.24, 2.45) is 0 Å². The molecule has 1 heterocycles. The summed E-state index contributed by atoms with van der Waals surface area (Å²) < 4.78 is 11.1. The van der Waals surface area contributed by atoms with Gasteiger partial charge in [-0.3, -0.25) is 0 Å². The molecule has 0 saturated heterocycles. The normalized spacial score (nSPS) is 10.7. The third-order valence-electron chi connectivity index (χ3n) is 3.17. The lowest BCUT2D eigenvalue weighted by Crippen LogP contribution is -2.03. The topological polar surface area (TPSA) is 70.3 Å². The summed E-state index contributed by atoms with van der Waals surface area (Å²) in [6.45, 7) is 8.76. The maximum absolute atomic E-state index is 5.96. The SMILES string of the molecule is CCOc1ncnc(Oc2ccc(C(C)C)c(C)c2)c1N. The second-order valence-electron chi connectivity index (χ2n) is 5.11. The van der Waals surface area contributed by atoms with Gasteiger partial charge in [0, 0.05) is 0 Å². The van der Waals surface area contributed by atoms with Gasteiger partial charge in [-0.1, -0.05) is 19.9 Å². The lowest BCUT2D eigenvalue weighted by atomic mass is 9.98. The van der Waals surface area contributed by atoms with Gasteiger partial charge in [-0.05, 0) is 43.0 Å². The number of rotatable bonds is 5. The van der Waals surface area contributed by atoms with Gasteiger partial charge in [0.1, 0.15) is 12.1 Å². The van der Waals surface area contributed by atoms with E-state index < -0.39 is 0 Å². The molecule has 0 aliphatic rings. The minimum Gasteiger partial charge on any atom is -0.476 e. The Balaban J connectivity index is 2.26. The van der Waals surface area contributed by atoms with E-state index in [2.05, 4.69) is 36.8 Å². The Bertz CT molecular complexity index is 627. The van der Waals surface area contributed by atoms with Gasteiger partial charge in [-0.15, -0.1) is 0 Å². The molecule has 0 spiro atoms. The molecule has 5 nitrogen and oxygen atoms in total. The zero-order chi connectivity index (χ0) is 15.4. The highest BCUT2D eigenvalue weighted by Gasteiger charge is 2.12. The van der Waals surface area contributed by atoms with Crippen molar-refractivity contribution in [1.29, 1.82) is 0 Å². The van der Waals surface area contributed by atoms with E-state index in [0.717, 1.165) is 0 Å². The molecule has 2 rings (SSSR count). The van der Waals surface area contributed by atoms with E-state index in [-0.39, 0.29) is 0 Å². The summed E-state index contributed by atoms with van der Waals surface area (Å²) in [6.07, 6.45) is 1.38. The summed E-state index contributed by atoms with van der Waals surface area (Å²) in [7, 11) is 0. The van der Waals surface area contributed by atoms with Crippen LogP contribution in [0.15, 0.2) is 24.5 Å². The van der Waals surface area contributed by atoms with Gasteiger partial charge in [-0.25, -0.2) is 0 Å². The number of hydrogen-bond acceptors (Lipinski definition) is 5. The first kappa shape index (κ1) is 15.1. The summed E-state index contributed by atoms with van der Waals surface area (Å²) in [4.78, 5) is 8.05. The second kappa shape index (κ2) is 6.43. The predicted octanol–water partition coefficient (Wildman–Crippen LogP) is 3.68. The van der Waals surface area contributed by atoms with Crippen LogP contribution in [-0.4, -0.2) is 16.6 Å². The quantitative estimate of drug-likeness (QED) is 0.908. The van der Waals surface area contributed by atoms with Crippen molar-refractivity contribution >= 4 is 5.69 Å². The molecule has 0 bridgehead atoms. The first-order valence-electron chi connectivity index (χ1n) is 7.04. The zero-order valence-corrected chi connectivity index (χ0v) is 12.9. The Morgan fingerprint density at radius 1 is 1.19 bits per heavy atom. The number of nitrogens with zero attached hydrogens (tertiary/aromatic N) is 2.